The molecule has 0 unspecified atom stereocenters. The summed E-state index contributed by atoms with van der Waals surface area (Å²) >= 11 is 3.43. The van der Waals surface area contributed by atoms with E-state index in [0.717, 1.165) is 27.0 Å². The number of hydrogen-bond acceptors (Lipinski definition) is 6. The van der Waals surface area contributed by atoms with Gasteiger partial charge in [0, 0.05) is 22.4 Å². The van der Waals surface area contributed by atoms with Crippen LogP contribution in [-0.2, 0) is 13.1 Å². The molecule has 2 heterocycles. The van der Waals surface area contributed by atoms with Crippen LogP contribution in [0.2, 0.25) is 0 Å². The molecular formula is C24H23BrN6O2. The van der Waals surface area contributed by atoms with Crippen molar-refractivity contribution in [2.45, 2.75) is 20.0 Å². The molecule has 33 heavy (non-hydrogen) atoms. The van der Waals surface area contributed by atoms with E-state index in [-0.39, 0.29) is 12.5 Å². The fourth-order valence-electron chi connectivity index (χ4n) is 3.30. The van der Waals surface area contributed by atoms with Crippen LogP contribution >= 0.6 is 15.9 Å². The van der Waals surface area contributed by atoms with Gasteiger partial charge in [-0.3, -0.25) is 4.79 Å². The van der Waals surface area contributed by atoms with Crippen LogP contribution in [0.1, 0.15) is 27.2 Å². The van der Waals surface area contributed by atoms with Crippen molar-refractivity contribution in [2.24, 2.45) is 0 Å². The molecule has 0 bridgehead atoms. The predicted octanol–water partition coefficient (Wildman–Crippen LogP) is 4.47. The average molecular weight is 507 g/mol. The normalized spacial score (nSPS) is 10.6. The molecule has 0 saturated carbocycles. The smallest absolute Gasteiger partial charge is 0.255 e. The van der Waals surface area contributed by atoms with E-state index in [1.54, 1.807) is 30.1 Å². The van der Waals surface area contributed by atoms with Gasteiger partial charge in [-0.15, -0.1) is 5.10 Å². The van der Waals surface area contributed by atoms with Crippen molar-refractivity contribution in [3.63, 3.8) is 0 Å². The van der Waals surface area contributed by atoms with E-state index in [0.29, 0.717) is 23.6 Å². The van der Waals surface area contributed by atoms with E-state index in [1.807, 2.05) is 55.6 Å². The van der Waals surface area contributed by atoms with E-state index < -0.39 is 0 Å². The lowest BCUT2D eigenvalue weighted by atomic mass is 10.2. The number of pyridine rings is 1. The fourth-order valence-corrected chi connectivity index (χ4v) is 3.57. The minimum Gasteiger partial charge on any atom is -0.497 e. The van der Waals surface area contributed by atoms with E-state index in [2.05, 4.69) is 41.9 Å². The Morgan fingerprint density at radius 1 is 1.15 bits per heavy atom. The molecule has 0 aliphatic carbocycles. The SMILES string of the molecule is COc1cc(C)cc(Nc2ncccc2C(=O)NCc2cn(Cc3ccc(Br)cc3)nn2)c1. The molecular weight excluding hydrogens is 484 g/mol. The third kappa shape index (κ3) is 5.95. The Kier molecular flexibility index (Phi) is 6.99. The summed E-state index contributed by atoms with van der Waals surface area (Å²) in [6.07, 6.45) is 3.46. The first kappa shape index (κ1) is 22.5. The van der Waals surface area contributed by atoms with Gasteiger partial charge in [-0.25, -0.2) is 9.67 Å². The summed E-state index contributed by atoms with van der Waals surface area (Å²) in [5.41, 5.74) is 4.03. The molecule has 1 amide bonds. The maximum atomic E-state index is 12.9. The van der Waals surface area contributed by atoms with Crippen molar-refractivity contribution in [1.82, 2.24) is 25.3 Å². The lowest BCUT2D eigenvalue weighted by Gasteiger charge is -2.12. The molecule has 4 rings (SSSR count). The summed E-state index contributed by atoms with van der Waals surface area (Å²) < 4.78 is 8.10. The quantitative estimate of drug-likeness (QED) is 0.366. The highest BCUT2D eigenvalue weighted by Crippen LogP contribution is 2.24. The van der Waals surface area contributed by atoms with E-state index in [4.69, 9.17) is 4.74 Å². The number of ether oxygens (including phenoxy) is 1. The van der Waals surface area contributed by atoms with Gasteiger partial charge in [-0.05, 0) is 54.4 Å². The molecule has 8 nitrogen and oxygen atoms in total. The second kappa shape index (κ2) is 10.3. The number of amides is 1. The van der Waals surface area contributed by atoms with E-state index >= 15 is 0 Å². The Morgan fingerprint density at radius 2 is 1.97 bits per heavy atom. The molecule has 9 heteroatoms. The minimum atomic E-state index is -0.257. The number of hydrogen-bond donors (Lipinski definition) is 2. The van der Waals surface area contributed by atoms with Gasteiger partial charge < -0.3 is 15.4 Å². The molecule has 0 aliphatic heterocycles. The first-order valence-electron chi connectivity index (χ1n) is 10.3. The number of aromatic nitrogens is 4. The number of rotatable bonds is 8. The third-order valence-electron chi connectivity index (χ3n) is 4.88. The standard InChI is InChI=1S/C24H23BrN6O2/c1-16-10-19(12-21(11-16)33-2)28-23-22(4-3-9-26-23)24(32)27-13-20-15-31(30-29-20)14-17-5-7-18(25)8-6-17/h3-12,15H,13-14H2,1-2H3,(H,26,28)(H,27,32). The summed E-state index contributed by atoms with van der Waals surface area (Å²) in [6.45, 7) is 2.83. The van der Waals surface area contributed by atoms with Crippen molar-refractivity contribution < 1.29 is 9.53 Å². The van der Waals surface area contributed by atoms with Crippen LogP contribution in [0.5, 0.6) is 5.75 Å². The Hall–Kier alpha value is -3.72. The summed E-state index contributed by atoms with van der Waals surface area (Å²) in [4.78, 5) is 17.2. The molecule has 168 valence electrons. The maximum Gasteiger partial charge on any atom is 0.255 e. The molecule has 2 aromatic carbocycles. The topological polar surface area (TPSA) is 94.0 Å². The number of anilines is 2. The van der Waals surface area contributed by atoms with E-state index in [1.165, 1.54) is 0 Å². The summed E-state index contributed by atoms with van der Waals surface area (Å²) in [6, 6.07) is 17.2. The van der Waals surface area contributed by atoms with Crippen molar-refractivity contribution in [1.29, 1.82) is 0 Å². The van der Waals surface area contributed by atoms with Gasteiger partial charge in [0.05, 0.1) is 32.0 Å². The zero-order valence-corrected chi connectivity index (χ0v) is 19.8. The largest absolute Gasteiger partial charge is 0.497 e. The van der Waals surface area contributed by atoms with E-state index in [9.17, 15) is 4.79 Å². The summed E-state index contributed by atoms with van der Waals surface area (Å²) in [5, 5.41) is 14.4. The zero-order chi connectivity index (χ0) is 23.2. The second-order valence-electron chi connectivity index (χ2n) is 7.48. The van der Waals surface area contributed by atoms with Crippen molar-refractivity contribution >= 4 is 33.3 Å². The first-order chi connectivity index (χ1) is 16.0. The molecule has 2 N–H and O–H groups in total. The number of nitrogens with zero attached hydrogens (tertiary/aromatic N) is 4. The van der Waals surface area contributed by atoms with Gasteiger partial charge in [-0.2, -0.15) is 0 Å². The number of carbonyl (C=O) groups is 1. The zero-order valence-electron chi connectivity index (χ0n) is 18.2. The van der Waals surface area contributed by atoms with Gasteiger partial charge in [0.1, 0.15) is 17.3 Å². The number of halogens is 1. The van der Waals surface area contributed by atoms with Crippen LogP contribution in [0.25, 0.3) is 0 Å². The monoisotopic (exact) mass is 506 g/mol. The van der Waals surface area contributed by atoms with Crippen LogP contribution in [0.3, 0.4) is 0 Å². The van der Waals surface area contributed by atoms with Gasteiger partial charge in [0.25, 0.3) is 5.91 Å². The highest BCUT2D eigenvalue weighted by atomic mass is 79.9. The van der Waals surface area contributed by atoms with Crippen LogP contribution in [0.4, 0.5) is 11.5 Å². The Morgan fingerprint density at radius 3 is 2.76 bits per heavy atom. The number of methoxy groups -OCH3 is 1. The van der Waals surface area contributed by atoms with Crippen LogP contribution in [0, 0.1) is 6.92 Å². The minimum absolute atomic E-state index is 0.256. The predicted molar refractivity (Wildman–Crippen MR) is 130 cm³/mol. The Balaban J connectivity index is 1.41. The molecule has 4 aromatic rings. The summed E-state index contributed by atoms with van der Waals surface area (Å²) in [7, 11) is 1.62. The second-order valence-corrected chi connectivity index (χ2v) is 8.40. The van der Waals surface area contributed by atoms with Crippen LogP contribution < -0.4 is 15.4 Å². The van der Waals surface area contributed by atoms with Crippen molar-refractivity contribution in [2.75, 3.05) is 12.4 Å². The summed E-state index contributed by atoms with van der Waals surface area (Å²) in [5.74, 6) is 0.930. The van der Waals surface area contributed by atoms with Gasteiger partial charge in [-0.1, -0.05) is 33.3 Å². The lowest BCUT2D eigenvalue weighted by Crippen LogP contribution is -2.24. The molecule has 0 aliphatic rings. The highest BCUT2D eigenvalue weighted by molar-refractivity contribution is 9.10. The number of benzene rings is 2. The first-order valence-corrected chi connectivity index (χ1v) is 11.1. The Bertz CT molecular complexity index is 1260. The van der Waals surface area contributed by atoms with Crippen molar-refractivity contribution in [3.8, 4) is 5.75 Å². The number of nitrogens with one attached hydrogen (secondary N) is 2. The lowest BCUT2D eigenvalue weighted by molar-refractivity contribution is 0.0951. The van der Waals surface area contributed by atoms with Crippen LogP contribution in [0.15, 0.2) is 71.5 Å². The number of carbonyl (C=O) groups excluding carboxylic acids is 1. The third-order valence-corrected chi connectivity index (χ3v) is 5.40. The van der Waals surface area contributed by atoms with Crippen molar-refractivity contribution in [3.05, 3.63) is 93.8 Å². The maximum absolute atomic E-state index is 12.9. The highest BCUT2D eigenvalue weighted by Gasteiger charge is 2.14. The average Bonchev–Trinajstić information content (AvgIpc) is 3.26. The molecule has 0 atom stereocenters. The van der Waals surface area contributed by atoms with Crippen LogP contribution in [-0.4, -0.2) is 33.0 Å². The molecule has 0 radical (unpaired) electrons. The molecule has 0 spiro atoms. The van der Waals surface area contributed by atoms with Gasteiger partial charge in [0.2, 0.25) is 0 Å². The fraction of sp³-hybridized carbons (Fsp3) is 0.167. The molecule has 0 fully saturated rings. The molecule has 2 aromatic heterocycles. The number of aryl methyl sites for hydroxylation is 1. The Labute approximate surface area is 200 Å². The van der Waals surface area contributed by atoms with Gasteiger partial charge in [0.15, 0.2) is 0 Å². The van der Waals surface area contributed by atoms with Gasteiger partial charge >= 0.3 is 0 Å². The molecule has 0 saturated heterocycles.